The highest BCUT2D eigenvalue weighted by molar-refractivity contribution is 4.91. The Balaban J connectivity index is 2.57. The number of nitrogens with one attached hydrogen (secondary N) is 1. The number of hydrogen-bond donors (Lipinski definition) is 1. The summed E-state index contributed by atoms with van der Waals surface area (Å²) < 4.78 is 37.8. The highest BCUT2D eigenvalue weighted by Gasteiger charge is 2.40. The van der Waals surface area contributed by atoms with Crippen molar-refractivity contribution in [1.29, 1.82) is 0 Å². The molecule has 1 saturated carbocycles. The summed E-state index contributed by atoms with van der Waals surface area (Å²) in [4.78, 5) is 1.64. The van der Waals surface area contributed by atoms with Crippen molar-refractivity contribution in [2.75, 3.05) is 13.1 Å². The van der Waals surface area contributed by atoms with Gasteiger partial charge in [-0.05, 0) is 40.0 Å². The minimum absolute atomic E-state index is 0.0293. The van der Waals surface area contributed by atoms with E-state index >= 15 is 0 Å². The van der Waals surface area contributed by atoms with Crippen molar-refractivity contribution in [2.24, 2.45) is 0 Å². The molecule has 0 saturated heterocycles. The van der Waals surface area contributed by atoms with Gasteiger partial charge in [0.05, 0.1) is 6.54 Å². The van der Waals surface area contributed by atoms with Crippen LogP contribution in [-0.4, -0.2) is 41.8 Å². The van der Waals surface area contributed by atoms with Crippen LogP contribution in [0.5, 0.6) is 0 Å². The molecule has 1 aliphatic rings. The Morgan fingerprint density at radius 1 is 1.22 bits per heavy atom. The van der Waals surface area contributed by atoms with E-state index in [1.807, 2.05) is 27.7 Å². The summed E-state index contributed by atoms with van der Waals surface area (Å²) in [5.41, 5.74) is -0.0547. The quantitative estimate of drug-likeness (QED) is 0.794. The van der Waals surface area contributed by atoms with Crippen LogP contribution in [0.1, 0.15) is 47.0 Å². The van der Waals surface area contributed by atoms with Gasteiger partial charge in [-0.25, -0.2) is 0 Å². The average Bonchev–Trinajstić information content (AvgIpc) is 2.96. The fourth-order valence-corrected chi connectivity index (χ4v) is 2.09. The Kier molecular flexibility index (Phi) is 5.06. The number of rotatable bonds is 6. The second-order valence-corrected chi connectivity index (χ2v) is 6.21. The van der Waals surface area contributed by atoms with Gasteiger partial charge in [-0.3, -0.25) is 4.90 Å². The molecule has 0 spiro atoms. The highest BCUT2D eigenvalue weighted by atomic mass is 19.4. The molecular formula is C13H25F3N2. The van der Waals surface area contributed by atoms with E-state index in [9.17, 15) is 13.2 Å². The first-order chi connectivity index (χ1) is 8.12. The normalized spacial score (nSPS) is 19.3. The van der Waals surface area contributed by atoms with Gasteiger partial charge in [0.15, 0.2) is 0 Å². The summed E-state index contributed by atoms with van der Waals surface area (Å²) in [5.74, 6) is 0. The predicted octanol–water partition coefficient (Wildman–Crippen LogP) is 3.18. The standard InChI is InChI=1S/C13H25F3N2/c1-5-10(8-17-12(2,3)4)18(11-6-7-11)9-13(14,15)16/h10-11,17H,5-9H2,1-4H3. The smallest absolute Gasteiger partial charge is 0.311 e. The van der Waals surface area contributed by atoms with Crippen LogP contribution in [-0.2, 0) is 0 Å². The van der Waals surface area contributed by atoms with E-state index in [-0.39, 0.29) is 17.6 Å². The summed E-state index contributed by atoms with van der Waals surface area (Å²) in [7, 11) is 0. The van der Waals surface area contributed by atoms with E-state index in [0.29, 0.717) is 6.54 Å². The fraction of sp³-hybridized carbons (Fsp3) is 1.00. The molecule has 0 aromatic heterocycles. The van der Waals surface area contributed by atoms with Gasteiger partial charge in [0, 0.05) is 24.2 Å². The topological polar surface area (TPSA) is 15.3 Å². The molecule has 0 radical (unpaired) electrons. The molecule has 18 heavy (non-hydrogen) atoms. The van der Waals surface area contributed by atoms with Crippen molar-refractivity contribution in [3.8, 4) is 0 Å². The summed E-state index contributed by atoms with van der Waals surface area (Å²) in [6, 6.07) is 0.108. The Bertz CT molecular complexity index is 254. The number of halogens is 3. The highest BCUT2D eigenvalue weighted by Crippen LogP contribution is 2.32. The predicted molar refractivity (Wildman–Crippen MR) is 67.6 cm³/mol. The molecule has 0 aromatic carbocycles. The van der Waals surface area contributed by atoms with Gasteiger partial charge in [-0.1, -0.05) is 6.92 Å². The largest absolute Gasteiger partial charge is 0.401 e. The van der Waals surface area contributed by atoms with Crippen LogP contribution < -0.4 is 5.32 Å². The van der Waals surface area contributed by atoms with Crippen LogP contribution in [0, 0.1) is 0 Å². The summed E-state index contributed by atoms with van der Waals surface area (Å²) in [6.45, 7) is 7.90. The molecule has 2 nitrogen and oxygen atoms in total. The van der Waals surface area contributed by atoms with Crippen molar-refractivity contribution >= 4 is 0 Å². The maximum absolute atomic E-state index is 12.6. The third kappa shape index (κ3) is 6.05. The van der Waals surface area contributed by atoms with Crippen LogP contribution in [0.15, 0.2) is 0 Å². The second kappa shape index (κ2) is 5.78. The minimum atomic E-state index is -4.10. The third-order valence-corrected chi connectivity index (χ3v) is 3.19. The average molecular weight is 266 g/mol. The Morgan fingerprint density at radius 3 is 2.11 bits per heavy atom. The van der Waals surface area contributed by atoms with E-state index in [2.05, 4.69) is 5.32 Å². The van der Waals surface area contributed by atoms with Crippen LogP contribution in [0.3, 0.4) is 0 Å². The van der Waals surface area contributed by atoms with Crippen LogP contribution in [0.25, 0.3) is 0 Å². The molecule has 1 aliphatic carbocycles. The summed E-state index contributed by atoms with van der Waals surface area (Å²) >= 11 is 0. The van der Waals surface area contributed by atoms with E-state index < -0.39 is 12.7 Å². The first-order valence-corrected chi connectivity index (χ1v) is 6.70. The Hall–Kier alpha value is -0.290. The van der Waals surface area contributed by atoms with Gasteiger partial charge in [-0.15, -0.1) is 0 Å². The molecule has 108 valence electrons. The molecular weight excluding hydrogens is 241 g/mol. The maximum atomic E-state index is 12.6. The van der Waals surface area contributed by atoms with Crippen LogP contribution >= 0.6 is 0 Å². The van der Waals surface area contributed by atoms with Gasteiger partial charge >= 0.3 is 6.18 Å². The first-order valence-electron chi connectivity index (χ1n) is 6.70. The molecule has 0 aromatic rings. The Morgan fingerprint density at radius 2 is 1.78 bits per heavy atom. The summed E-state index contributed by atoms with van der Waals surface area (Å²) in [5, 5.41) is 3.31. The van der Waals surface area contributed by atoms with Crippen LogP contribution in [0.2, 0.25) is 0 Å². The molecule has 5 heteroatoms. The molecule has 1 fully saturated rings. The number of nitrogens with zero attached hydrogens (tertiary/aromatic N) is 1. The van der Waals surface area contributed by atoms with Crippen molar-refractivity contribution in [3.05, 3.63) is 0 Å². The zero-order valence-corrected chi connectivity index (χ0v) is 11.8. The lowest BCUT2D eigenvalue weighted by Crippen LogP contribution is -2.50. The van der Waals surface area contributed by atoms with Gasteiger partial charge in [0.1, 0.15) is 0 Å². The lowest BCUT2D eigenvalue weighted by Gasteiger charge is -2.34. The first kappa shape index (κ1) is 15.8. The number of alkyl halides is 3. The molecule has 1 atom stereocenters. The van der Waals surface area contributed by atoms with E-state index in [1.54, 1.807) is 4.90 Å². The zero-order valence-electron chi connectivity index (χ0n) is 11.8. The lowest BCUT2D eigenvalue weighted by atomic mass is 10.1. The van der Waals surface area contributed by atoms with Crippen molar-refractivity contribution in [3.63, 3.8) is 0 Å². The maximum Gasteiger partial charge on any atom is 0.401 e. The monoisotopic (exact) mass is 266 g/mol. The zero-order chi connectivity index (χ0) is 14.0. The van der Waals surface area contributed by atoms with Crippen molar-refractivity contribution in [2.45, 2.75) is 70.8 Å². The molecule has 1 rings (SSSR count). The van der Waals surface area contributed by atoms with Crippen LogP contribution in [0.4, 0.5) is 13.2 Å². The van der Waals surface area contributed by atoms with Crippen molar-refractivity contribution < 1.29 is 13.2 Å². The van der Waals surface area contributed by atoms with E-state index in [0.717, 1.165) is 19.3 Å². The SMILES string of the molecule is CCC(CNC(C)(C)C)N(CC(F)(F)F)C1CC1. The molecule has 0 aliphatic heterocycles. The fourth-order valence-electron chi connectivity index (χ4n) is 2.09. The minimum Gasteiger partial charge on any atom is -0.311 e. The van der Waals surface area contributed by atoms with Gasteiger partial charge in [0.2, 0.25) is 0 Å². The second-order valence-electron chi connectivity index (χ2n) is 6.21. The molecule has 1 unspecified atom stereocenters. The lowest BCUT2D eigenvalue weighted by molar-refractivity contribution is -0.152. The van der Waals surface area contributed by atoms with Gasteiger partial charge in [0.25, 0.3) is 0 Å². The molecule has 1 N–H and O–H groups in total. The third-order valence-electron chi connectivity index (χ3n) is 3.19. The van der Waals surface area contributed by atoms with Crippen molar-refractivity contribution in [1.82, 2.24) is 10.2 Å². The van der Waals surface area contributed by atoms with Gasteiger partial charge < -0.3 is 5.32 Å². The summed E-state index contributed by atoms with van der Waals surface area (Å²) in [6.07, 6.45) is -1.54. The Labute approximate surface area is 108 Å². The van der Waals surface area contributed by atoms with E-state index in [1.165, 1.54) is 0 Å². The molecule has 0 amide bonds. The molecule has 0 bridgehead atoms. The van der Waals surface area contributed by atoms with Gasteiger partial charge in [-0.2, -0.15) is 13.2 Å². The molecule has 0 heterocycles. The number of hydrogen-bond acceptors (Lipinski definition) is 2. The van der Waals surface area contributed by atoms with E-state index in [4.69, 9.17) is 0 Å².